The van der Waals surface area contributed by atoms with Crippen molar-refractivity contribution in [3.8, 4) is 6.07 Å². The zero-order chi connectivity index (χ0) is 15.5. The van der Waals surface area contributed by atoms with Gasteiger partial charge in [-0.05, 0) is 38.6 Å². The summed E-state index contributed by atoms with van der Waals surface area (Å²) in [6.07, 6.45) is 0.833. The molecule has 114 valence electrons. The van der Waals surface area contributed by atoms with Crippen LogP contribution in [0.25, 0.3) is 0 Å². The molecule has 2 rings (SSSR count). The Bertz CT molecular complexity index is 637. The summed E-state index contributed by atoms with van der Waals surface area (Å²) in [6, 6.07) is 8.90. The van der Waals surface area contributed by atoms with E-state index in [0.717, 1.165) is 19.5 Å². The van der Waals surface area contributed by atoms with Gasteiger partial charge in [-0.25, -0.2) is 8.42 Å². The van der Waals surface area contributed by atoms with Crippen LogP contribution in [0.2, 0.25) is 0 Å². The topological polar surface area (TPSA) is 64.4 Å². The molecule has 1 aliphatic heterocycles. The summed E-state index contributed by atoms with van der Waals surface area (Å²) >= 11 is 0. The quantitative estimate of drug-likeness (QED) is 0.847. The molecule has 1 unspecified atom stereocenters. The smallest absolute Gasteiger partial charge is 0.218 e. The highest BCUT2D eigenvalue weighted by Gasteiger charge is 2.30. The number of benzene rings is 1. The van der Waals surface area contributed by atoms with Gasteiger partial charge in [-0.1, -0.05) is 18.2 Å². The predicted molar refractivity (Wildman–Crippen MR) is 82.1 cm³/mol. The summed E-state index contributed by atoms with van der Waals surface area (Å²) < 4.78 is 27.0. The first-order chi connectivity index (χ1) is 9.94. The Hall–Kier alpha value is -1.42. The fourth-order valence-electron chi connectivity index (χ4n) is 2.80. The molecule has 0 bridgehead atoms. The van der Waals surface area contributed by atoms with E-state index < -0.39 is 10.0 Å². The van der Waals surface area contributed by atoms with Crippen molar-refractivity contribution >= 4 is 10.0 Å². The molecule has 0 saturated carbocycles. The molecule has 0 aromatic heterocycles. The third kappa shape index (κ3) is 3.82. The van der Waals surface area contributed by atoms with Crippen molar-refractivity contribution in [2.45, 2.75) is 25.1 Å². The molecule has 0 N–H and O–H groups in total. The lowest BCUT2D eigenvalue weighted by molar-refractivity contribution is 0.290. The number of hydrogen-bond acceptors (Lipinski definition) is 4. The van der Waals surface area contributed by atoms with E-state index in [2.05, 4.69) is 11.0 Å². The van der Waals surface area contributed by atoms with Gasteiger partial charge < -0.3 is 4.90 Å². The maximum Gasteiger partial charge on any atom is 0.218 e. The van der Waals surface area contributed by atoms with Gasteiger partial charge in [0.1, 0.15) is 0 Å². The maximum absolute atomic E-state index is 12.7. The molecule has 0 radical (unpaired) electrons. The van der Waals surface area contributed by atoms with E-state index in [9.17, 15) is 8.42 Å². The fraction of sp³-hybridized carbons (Fsp3) is 0.533. The molecule has 1 atom stereocenters. The van der Waals surface area contributed by atoms with Gasteiger partial charge in [0.2, 0.25) is 10.0 Å². The van der Waals surface area contributed by atoms with Crippen LogP contribution >= 0.6 is 0 Å². The fourth-order valence-corrected chi connectivity index (χ4v) is 4.63. The summed E-state index contributed by atoms with van der Waals surface area (Å²) in [7, 11) is -1.40. The third-order valence-electron chi connectivity index (χ3n) is 3.82. The van der Waals surface area contributed by atoms with E-state index in [1.165, 1.54) is 0 Å². The Kier molecular flexibility index (Phi) is 4.99. The molecule has 5 nitrogen and oxygen atoms in total. The Morgan fingerprint density at radius 3 is 2.76 bits per heavy atom. The average Bonchev–Trinajstić information content (AvgIpc) is 2.60. The summed E-state index contributed by atoms with van der Waals surface area (Å²) in [6.45, 7) is 4.13. The van der Waals surface area contributed by atoms with Crippen LogP contribution in [0.3, 0.4) is 0 Å². The molecule has 1 aliphatic rings. The van der Waals surface area contributed by atoms with Crippen LogP contribution in [-0.2, 0) is 15.8 Å². The first-order valence-corrected chi connectivity index (χ1v) is 8.71. The van der Waals surface area contributed by atoms with Crippen LogP contribution in [0.15, 0.2) is 24.3 Å². The van der Waals surface area contributed by atoms with Crippen molar-refractivity contribution in [3.63, 3.8) is 0 Å². The highest BCUT2D eigenvalue weighted by atomic mass is 32.2. The van der Waals surface area contributed by atoms with Gasteiger partial charge in [0, 0.05) is 19.1 Å². The van der Waals surface area contributed by atoms with Crippen molar-refractivity contribution in [1.82, 2.24) is 9.21 Å². The van der Waals surface area contributed by atoms with Gasteiger partial charge in [-0.3, -0.25) is 0 Å². The Balaban J connectivity index is 2.23. The summed E-state index contributed by atoms with van der Waals surface area (Å²) in [5.41, 5.74) is 1.01. The van der Waals surface area contributed by atoms with E-state index in [1.54, 1.807) is 28.6 Å². The molecular weight excluding hydrogens is 286 g/mol. The molecule has 21 heavy (non-hydrogen) atoms. The van der Waals surface area contributed by atoms with Gasteiger partial charge >= 0.3 is 0 Å². The highest BCUT2D eigenvalue weighted by Crippen LogP contribution is 2.19. The van der Waals surface area contributed by atoms with Gasteiger partial charge in [0.15, 0.2) is 0 Å². The highest BCUT2D eigenvalue weighted by molar-refractivity contribution is 7.88. The normalized spacial score (nSPS) is 21.7. The molecule has 6 heteroatoms. The molecule has 1 fully saturated rings. The number of nitrogens with zero attached hydrogens (tertiary/aromatic N) is 3. The van der Waals surface area contributed by atoms with Crippen LogP contribution in [0.5, 0.6) is 0 Å². The monoisotopic (exact) mass is 307 g/mol. The first kappa shape index (κ1) is 16.0. The van der Waals surface area contributed by atoms with Gasteiger partial charge in [0.05, 0.1) is 17.4 Å². The second-order valence-corrected chi connectivity index (χ2v) is 7.52. The van der Waals surface area contributed by atoms with Crippen molar-refractivity contribution < 1.29 is 8.42 Å². The van der Waals surface area contributed by atoms with Gasteiger partial charge in [-0.2, -0.15) is 9.57 Å². The number of sulfonamides is 1. The largest absolute Gasteiger partial charge is 0.305 e. The Labute approximate surface area is 126 Å². The Morgan fingerprint density at radius 2 is 2.05 bits per heavy atom. The average molecular weight is 307 g/mol. The third-order valence-corrected chi connectivity index (χ3v) is 5.75. The van der Waals surface area contributed by atoms with Crippen molar-refractivity contribution in [2.24, 2.45) is 0 Å². The SMILES string of the molecule is CC1CN(C)CCCN1S(=O)(=O)Cc1ccccc1C#N. The van der Waals surface area contributed by atoms with Crippen LogP contribution in [0.1, 0.15) is 24.5 Å². The van der Waals surface area contributed by atoms with Crippen LogP contribution < -0.4 is 0 Å². The molecular formula is C15H21N3O2S. The maximum atomic E-state index is 12.7. The summed E-state index contributed by atoms with van der Waals surface area (Å²) in [4.78, 5) is 2.16. The van der Waals surface area contributed by atoms with E-state index in [-0.39, 0.29) is 11.8 Å². The number of likely N-dealkylation sites (N-methyl/N-ethyl adjacent to an activating group) is 1. The molecule has 1 aromatic carbocycles. The summed E-state index contributed by atoms with van der Waals surface area (Å²) in [5.74, 6) is -0.106. The van der Waals surface area contributed by atoms with Crippen LogP contribution in [0.4, 0.5) is 0 Å². The molecule has 1 heterocycles. The van der Waals surface area contributed by atoms with E-state index >= 15 is 0 Å². The number of nitriles is 1. The lowest BCUT2D eigenvalue weighted by Gasteiger charge is -2.27. The summed E-state index contributed by atoms with van der Waals surface area (Å²) in [5, 5.41) is 9.09. The molecule has 1 saturated heterocycles. The minimum Gasteiger partial charge on any atom is -0.305 e. The number of rotatable bonds is 3. The van der Waals surface area contributed by atoms with E-state index in [1.807, 2.05) is 14.0 Å². The number of hydrogen-bond donors (Lipinski definition) is 0. The van der Waals surface area contributed by atoms with Gasteiger partial charge in [0.25, 0.3) is 0 Å². The van der Waals surface area contributed by atoms with Crippen LogP contribution in [0, 0.1) is 11.3 Å². The predicted octanol–water partition coefficient (Wildman–Crippen LogP) is 1.41. The first-order valence-electron chi connectivity index (χ1n) is 7.10. The molecule has 0 amide bonds. The van der Waals surface area contributed by atoms with Crippen molar-refractivity contribution in [3.05, 3.63) is 35.4 Å². The Morgan fingerprint density at radius 1 is 1.33 bits per heavy atom. The second-order valence-electron chi connectivity index (χ2n) is 5.60. The van der Waals surface area contributed by atoms with Gasteiger partial charge in [-0.15, -0.1) is 0 Å². The molecule has 0 aliphatic carbocycles. The molecule has 0 spiro atoms. The van der Waals surface area contributed by atoms with E-state index in [4.69, 9.17) is 5.26 Å². The zero-order valence-electron chi connectivity index (χ0n) is 12.5. The standard InChI is InChI=1S/C15H21N3O2S/c1-13-11-17(2)8-5-9-18(13)21(19,20)12-15-7-4-3-6-14(15)10-16/h3-4,6-7,13H,5,8-9,11-12H2,1-2H3. The van der Waals surface area contributed by atoms with Crippen LogP contribution in [-0.4, -0.2) is 50.3 Å². The zero-order valence-corrected chi connectivity index (χ0v) is 13.3. The molecule has 1 aromatic rings. The second kappa shape index (κ2) is 6.56. The lowest BCUT2D eigenvalue weighted by Crippen LogP contribution is -2.42. The minimum absolute atomic E-state index is 0.0447. The van der Waals surface area contributed by atoms with E-state index in [0.29, 0.717) is 17.7 Å². The minimum atomic E-state index is -3.41. The van der Waals surface area contributed by atoms with Crippen molar-refractivity contribution in [2.75, 3.05) is 26.7 Å². The van der Waals surface area contributed by atoms with Crippen molar-refractivity contribution in [1.29, 1.82) is 5.26 Å². The lowest BCUT2D eigenvalue weighted by atomic mass is 10.1.